The van der Waals surface area contributed by atoms with Gasteiger partial charge in [-0.1, -0.05) is 25.1 Å². The van der Waals surface area contributed by atoms with Crippen molar-refractivity contribution < 1.29 is 14.7 Å². The molecule has 2 N–H and O–H groups in total. The van der Waals surface area contributed by atoms with Crippen molar-refractivity contribution in [1.82, 2.24) is 5.32 Å². The molecule has 1 aliphatic heterocycles. The van der Waals surface area contributed by atoms with E-state index in [1.807, 2.05) is 43.0 Å². The van der Waals surface area contributed by atoms with Crippen molar-refractivity contribution in [2.24, 2.45) is 5.92 Å². The summed E-state index contributed by atoms with van der Waals surface area (Å²) in [6.45, 7) is 4.55. The highest BCUT2D eigenvalue weighted by molar-refractivity contribution is 5.83. The van der Waals surface area contributed by atoms with Crippen LogP contribution in [0.4, 0.5) is 5.69 Å². The van der Waals surface area contributed by atoms with Crippen LogP contribution in [0.15, 0.2) is 24.3 Å². The van der Waals surface area contributed by atoms with Gasteiger partial charge in [0.25, 0.3) is 0 Å². The van der Waals surface area contributed by atoms with E-state index in [0.29, 0.717) is 13.0 Å². The Morgan fingerprint density at radius 1 is 1.43 bits per heavy atom. The molecule has 0 bridgehead atoms. The Morgan fingerprint density at radius 3 is 2.81 bits per heavy atom. The Hall–Kier alpha value is -2.04. The normalized spacial score (nSPS) is 18.8. The van der Waals surface area contributed by atoms with Crippen molar-refractivity contribution in [3.05, 3.63) is 29.8 Å². The third-order valence-electron chi connectivity index (χ3n) is 3.94. The van der Waals surface area contributed by atoms with Crippen molar-refractivity contribution in [3.63, 3.8) is 0 Å². The molecule has 0 radical (unpaired) electrons. The number of fused-ring (bicyclic) bond motifs is 1. The molecule has 0 fully saturated rings. The zero-order chi connectivity index (χ0) is 15.4. The average molecular weight is 290 g/mol. The Bertz CT molecular complexity index is 530. The van der Waals surface area contributed by atoms with Crippen molar-refractivity contribution in [2.45, 2.75) is 32.7 Å². The van der Waals surface area contributed by atoms with E-state index in [1.54, 1.807) is 0 Å². The van der Waals surface area contributed by atoms with E-state index >= 15 is 0 Å². The van der Waals surface area contributed by atoms with E-state index in [0.717, 1.165) is 17.7 Å². The summed E-state index contributed by atoms with van der Waals surface area (Å²) in [4.78, 5) is 25.2. The van der Waals surface area contributed by atoms with E-state index in [-0.39, 0.29) is 18.5 Å². The van der Waals surface area contributed by atoms with Gasteiger partial charge in [-0.3, -0.25) is 9.59 Å². The predicted molar refractivity (Wildman–Crippen MR) is 81.4 cm³/mol. The quantitative estimate of drug-likeness (QED) is 0.865. The topological polar surface area (TPSA) is 69.6 Å². The number of rotatable bonds is 5. The van der Waals surface area contributed by atoms with E-state index in [9.17, 15) is 14.7 Å². The molecule has 2 atom stereocenters. The lowest BCUT2D eigenvalue weighted by Crippen LogP contribution is -2.46. The number of benzene rings is 1. The number of aliphatic carboxylic acids is 1. The van der Waals surface area contributed by atoms with Gasteiger partial charge < -0.3 is 15.3 Å². The third kappa shape index (κ3) is 3.74. The van der Waals surface area contributed by atoms with E-state index in [1.165, 1.54) is 0 Å². The fourth-order valence-electron chi connectivity index (χ4n) is 2.60. The molecule has 2 rings (SSSR count). The number of carbonyl (C=O) groups excluding carboxylic acids is 1. The van der Waals surface area contributed by atoms with Crippen LogP contribution in [-0.2, 0) is 16.0 Å². The first kappa shape index (κ1) is 15.4. The van der Waals surface area contributed by atoms with Gasteiger partial charge in [-0.2, -0.15) is 0 Å². The lowest BCUT2D eigenvalue weighted by molar-refractivity contribution is -0.141. The van der Waals surface area contributed by atoms with Gasteiger partial charge in [0.1, 0.15) is 0 Å². The number of nitrogens with zero attached hydrogens (tertiary/aromatic N) is 1. The van der Waals surface area contributed by atoms with Crippen molar-refractivity contribution in [2.75, 3.05) is 18.0 Å². The first-order valence-electron chi connectivity index (χ1n) is 7.36. The van der Waals surface area contributed by atoms with Gasteiger partial charge in [-0.25, -0.2) is 0 Å². The van der Waals surface area contributed by atoms with Gasteiger partial charge in [0.2, 0.25) is 5.91 Å². The number of hydrogen-bond acceptors (Lipinski definition) is 3. The van der Waals surface area contributed by atoms with E-state index in [4.69, 9.17) is 0 Å². The molecule has 114 valence electrons. The summed E-state index contributed by atoms with van der Waals surface area (Å²) >= 11 is 0. The maximum absolute atomic E-state index is 12.1. The number of carboxylic acid groups (broad SMARTS) is 1. The van der Waals surface area contributed by atoms with E-state index in [2.05, 4.69) is 5.32 Å². The number of amides is 1. The number of carbonyl (C=O) groups is 2. The highest BCUT2D eigenvalue weighted by atomic mass is 16.4. The second-order valence-electron chi connectivity index (χ2n) is 5.63. The molecule has 0 aliphatic carbocycles. The predicted octanol–water partition coefficient (Wildman–Crippen LogP) is 1.66. The number of para-hydroxylation sites is 1. The van der Waals surface area contributed by atoms with Crippen LogP contribution >= 0.6 is 0 Å². The molecule has 1 heterocycles. The molecule has 1 aromatic carbocycles. The fourth-order valence-corrected chi connectivity index (χ4v) is 2.60. The second kappa shape index (κ2) is 6.61. The number of hydrogen-bond donors (Lipinski definition) is 2. The molecule has 0 aromatic heterocycles. The number of carboxylic acids is 1. The highest BCUT2D eigenvalue weighted by Gasteiger charge is 2.29. The maximum atomic E-state index is 12.1. The zero-order valence-electron chi connectivity index (χ0n) is 12.5. The molecule has 0 spiro atoms. The number of anilines is 1. The van der Waals surface area contributed by atoms with Crippen LogP contribution in [0.25, 0.3) is 0 Å². The average Bonchev–Trinajstić information content (AvgIpc) is 2.46. The van der Waals surface area contributed by atoms with Crippen LogP contribution in [0.3, 0.4) is 0 Å². The molecular weight excluding hydrogens is 268 g/mol. The molecule has 21 heavy (non-hydrogen) atoms. The Balaban J connectivity index is 2.14. The van der Waals surface area contributed by atoms with Crippen LogP contribution in [0.5, 0.6) is 0 Å². The van der Waals surface area contributed by atoms with E-state index < -0.39 is 11.9 Å². The Kier molecular flexibility index (Phi) is 4.83. The molecule has 1 aromatic rings. The molecule has 2 unspecified atom stereocenters. The third-order valence-corrected chi connectivity index (χ3v) is 3.94. The monoisotopic (exact) mass is 290 g/mol. The van der Waals surface area contributed by atoms with Crippen LogP contribution in [-0.4, -0.2) is 36.1 Å². The van der Waals surface area contributed by atoms with Crippen LogP contribution in [0, 0.1) is 5.92 Å². The van der Waals surface area contributed by atoms with Crippen molar-refractivity contribution in [3.8, 4) is 0 Å². The summed E-state index contributed by atoms with van der Waals surface area (Å²) in [5.41, 5.74) is 1.96. The van der Waals surface area contributed by atoms with Crippen LogP contribution < -0.4 is 10.2 Å². The molecular formula is C16H22N2O3. The highest BCUT2D eigenvalue weighted by Crippen LogP contribution is 2.29. The van der Waals surface area contributed by atoms with Gasteiger partial charge >= 0.3 is 5.97 Å². The minimum absolute atomic E-state index is 0.0646. The van der Waals surface area contributed by atoms with Gasteiger partial charge in [-0.15, -0.1) is 0 Å². The summed E-state index contributed by atoms with van der Waals surface area (Å²) in [5, 5.41) is 12.2. The molecule has 1 amide bonds. The van der Waals surface area contributed by atoms with Gasteiger partial charge in [0.05, 0.1) is 12.5 Å². The number of nitrogens with one attached hydrogen (secondary N) is 1. The van der Waals surface area contributed by atoms with Gasteiger partial charge in [0, 0.05) is 18.3 Å². The fraction of sp³-hybridized carbons (Fsp3) is 0.500. The molecule has 0 saturated heterocycles. The summed E-state index contributed by atoms with van der Waals surface area (Å²) in [6.07, 6.45) is 1.40. The smallest absolute Gasteiger partial charge is 0.308 e. The second-order valence-corrected chi connectivity index (χ2v) is 5.63. The van der Waals surface area contributed by atoms with Gasteiger partial charge in [0.15, 0.2) is 0 Å². The van der Waals surface area contributed by atoms with Crippen LogP contribution in [0.2, 0.25) is 0 Å². The summed E-state index contributed by atoms with van der Waals surface area (Å²) in [5.74, 6) is -1.33. The lowest BCUT2D eigenvalue weighted by Gasteiger charge is -2.34. The lowest BCUT2D eigenvalue weighted by atomic mass is 9.92. The largest absolute Gasteiger partial charge is 0.481 e. The molecule has 1 aliphatic rings. The molecule has 5 heteroatoms. The van der Waals surface area contributed by atoms with Gasteiger partial charge in [-0.05, 0) is 31.4 Å². The Labute approximate surface area is 125 Å². The molecule has 5 nitrogen and oxygen atoms in total. The van der Waals surface area contributed by atoms with Crippen molar-refractivity contribution >= 4 is 17.6 Å². The summed E-state index contributed by atoms with van der Waals surface area (Å²) < 4.78 is 0. The standard InChI is InChI=1S/C16H22N2O3/c1-3-11(2)17-15(19)10-18-9-13(16(20)21)8-12-6-4-5-7-14(12)18/h4-7,11,13H,3,8-10H2,1-2H3,(H,17,19)(H,20,21). The maximum Gasteiger partial charge on any atom is 0.308 e. The zero-order valence-corrected chi connectivity index (χ0v) is 12.5. The minimum Gasteiger partial charge on any atom is -0.481 e. The minimum atomic E-state index is -0.808. The SMILES string of the molecule is CCC(C)NC(=O)CN1CC(C(=O)O)Cc2ccccc21. The summed E-state index contributed by atoms with van der Waals surface area (Å²) in [6, 6.07) is 7.83. The first-order valence-corrected chi connectivity index (χ1v) is 7.36. The molecule has 0 saturated carbocycles. The first-order chi connectivity index (χ1) is 10.0. The summed E-state index contributed by atoms with van der Waals surface area (Å²) in [7, 11) is 0. The Morgan fingerprint density at radius 2 is 2.14 bits per heavy atom. The van der Waals surface area contributed by atoms with Crippen molar-refractivity contribution in [1.29, 1.82) is 0 Å². The van der Waals surface area contributed by atoms with Crippen LogP contribution in [0.1, 0.15) is 25.8 Å².